The Morgan fingerprint density at radius 2 is 0.625 bits per heavy atom. The van der Waals surface area contributed by atoms with Crippen molar-refractivity contribution in [2.24, 2.45) is 0 Å². The summed E-state index contributed by atoms with van der Waals surface area (Å²) in [6.45, 7) is 0. The van der Waals surface area contributed by atoms with E-state index in [0.29, 0.717) is 0 Å². The lowest BCUT2D eigenvalue weighted by atomic mass is 10.0. The Labute approximate surface area is 215 Å². The number of halogens is 8. The molecule has 0 unspecified atom stereocenters. The van der Waals surface area contributed by atoms with Gasteiger partial charge in [0.2, 0.25) is 0 Å². The highest BCUT2D eigenvalue weighted by Crippen LogP contribution is 2.41. The maximum Gasteiger partial charge on any atom is 0.269 e. The van der Waals surface area contributed by atoms with Crippen LogP contribution in [0.15, 0.2) is 36.4 Å². The van der Waals surface area contributed by atoms with Gasteiger partial charge in [0, 0.05) is 10.8 Å². The lowest BCUT2D eigenvalue weighted by molar-refractivity contribution is 0.0908. The van der Waals surface area contributed by atoms with Gasteiger partial charge in [-0.3, -0.25) is 19.2 Å². The van der Waals surface area contributed by atoms with E-state index in [2.05, 4.69) is 0 Å². The Morgan fingerprint density at radius 3 is 0.875 bits per heavy atom. The average molecular weight is 562 g/mol. The molecule has 0 atom stereocenters. The number of benzene rings is 4. The molecule has 0 aromatic heterocycles. The Balaban J connectivity index is 1.54. The molecule has 14 heteroatoms. The first-order valence-electron chi connectivity index (χ1n) is 10.9. The van der Waals surface area contributed by atoms with Gasteiger partial charge in [-0.2, -0.15) is 0 Å². The van der Waals surface area contributed by atoms with E-state index >= 15 is 0 Å². The first-order chi connectivity index (χ1) is 18.9. The van der Waals surface area contributed by atoms with Crippen molar-refractivity contribution in [3.8, 4) is 0 Å². The quantitative estimate of drug-likeness (QED) is 0.139. The van der Waals surface area contributed by atoms with Crippen LogP contribution >= 0.6 is 0 Å². The Morgan fingerprint density at radius 1 is 0.375 bits per heavy atom. The van der Waals surface area contributed by atoms with Gasteiger partial charge < -0.3 is 0 Å². The maximum atomic E-state index is 14.4. The third-order valence-electron chi connectivity index (χ3n) is 6.56. The highest BCUT2D eigenvalue weighted by atomic mass is 19.2. The molecule has 4 aromatic rings. The summed E-state index contributed by atoms with van der Waals surface area (Å²) in [6, 6.07) is 6.90. The minimum Gasteiger partial charge on any atom is -0.268 e. The van der Waals surface area contributed by atoms with Gasteiger partial charge in [0.05, 0.1) is 33.6 Å². The summed E-state index contributed by atoms with van der Waals surface area (Å²) < 4.78 is 113. The zero-order chi connectivity index (χ0) is 28.9. The number of amides is 4. The first kappa shape index (κ1) is 25.2. The van der Waals surface area contributed by atoms with E-state index in [4.69, 9.17) is 0 Å². The maximum absolute atomic E-state index is 14.4. The second-order valence-corrected chi connectivity index (χ2v) is 8.55. The van der Waals surface area contributed by atoms with Crippen molar-refractivity contribution in [1.82, 2.24) is 0 Å². The van der Waals surface area contributed by atoms with Crippen molar-refractivity contribution in [3.63, 3.8) is 0 Å². The molecule has 0 N–H and O–H groups in total. The van der Waals surface area contributed by atoms with Crippen molar-refractivity contribution in [3.05, 3.63) is 105 Å². The molecule has 2 heterocycles. The average Bonchev–Trinajstić information content (AvgIpc) is 3.35. The van der Waals surface area contributed by atoms with Gasteiger partial charge >= 0.3 is 0 Å². The SMILES string of the molecule is O=C1c2c(F)c(F)c(F)c(F)c2C(=O)N1c1cccc2c(N3C(=O)c4c(F)c(F)c(F)c(F)c4C3=O)cccc12. The lowest BCUT2D eigenvalue weighted by Crippen LogP contribution is -2.31. The fourth-order valence-electron chi connectivity index (χ4n) is 4.80. The summed E-state index contributed by atoms with van der Waals surface area (Å²) in [7, 11) is 0. The molecule has 200 valence electrons. The highest BCUT2D eigenvalue weighted by molar-refractivity contribution is 6.38. The van der Waals surface area contributed by atoms with Gasteiger partial charge in [-0.05, 0) is 12.1 Å². The minimum absolute atomic E-state index is 0.161. The van der Waals surface area contributed by atoms with E-state index in [0.717, 1.165) is 24.3 Å². The van der Waals surface area contributed by atoms with Crippen LogP contribution in [0.4, 0.5) is 46.5 Å². The number of nitrogens with zero attached hydrogens (tertiary/aromatic N) is 2. The number of carbonyl (C=O) groups is 4. The van der Waals surface area contributed by atoms with Crippen molar-refractivity contribution < 1.29 is 54.3 Å². The van der Waals surface area contributed by atoms with Crippen molar-refractivity contribution in [1.29, 1.82) is 0 Å². The number of rotatable bonds is 2. The molecule has 40 heavy (non-hydrogen) atoms. The number of carbonyl (C=O) groups excluding carboxylic acids is 4. The monoisotopic (exact) mass is 562 g/mol. The van der Waals surface area contributed by atoms with Crippen molar-refractivity contribution in [2.75, 3.05) is 9.80 Å². The number of anilines is 2. The number of hydrogen-bond donors (Lipinski definition) is 0. The van der Waals surface area contributed by atoms with E-state index in [1.807, 2.05) is 0 Å². The summed E-state index contributed by atoms with van der Waals surface area (Å²) in [5, 5.41) is -0.322. The predicted octanol–water partition coefficient (Wildman–Crippen LogP) is 5.55. The lowest BCUT2D eigenvalue weighted by Gasteiger charge is -2.20. The molecule has 0 radical (unpaired) electrons. The summed E-state index contributed by atoms with van der Waals surface area (Å²) in [5.41, 5.74) is -6.32. The molecule has 0 spiro atoms. The van der Waals surface area contributed by atoms with Crippen LogP contribution < -0.4 is 9.80 Å². The van der Waals surface area contributed by atoms with Gasteiger partial charge in [0.1, 0.15) is 0 Å². The summed E-state index contributed by atoms with van der Waals surface area (Å²) in [6.07, 6.45) is 0. The predicted molar refractivity (Wildman–Crippen MR) is 119 cm³/mol. The van der Waals surface area contributed by atoms with E-state index in [-0.39, 0.29) is 20.6 Å². The van der Waals surface area contributed by atoms with Crippen LogP contribution in [0.2, 0.25) is 0 Å². The molecule has 6 nitrogen and oxygen atoms in total. The number of fused-ring (bicyclic) bond motifs is 3. The third-order valence-corrected chi connectivity index (χ3v) is 6.56. The van der Waals surface area contributed by atoms with Gasteiger partial charge in [0.15, 0.2) is 46.5 Å². The van der Waals surface area contributed by atoms with E-state index in [1.165, 1.54) is 12.1 Å². The molecule has 6 rings (SSSR count). The Kier molecular flexibility index (Phi) is 5.14. The first-order valence-corrected chi connectivity index (χ1v) is 10.9. The standard InChI is InChI=1S/C26H6F8N2O4/c27-15-11-12(16(28)20(32)19(15)31)24(38)35(23(11)37)9-5-1-3-7-8(9)4-2-6-10(7)36-25(39)13-14(26(36)40)18(30)22(34)21(33)17(13)29/h1-6H. The molecule has 2 aliphatic heterocycles. The number of hydrogen-bond acceptors (Lipinski definition) is 4. The fourth-order valence-corrected chi connectivity index (χ4v) is 4.80. The van der Waals surface area contributed by atoms with E-state index < -0.39 is 104 Å². The topological polar surface area (TPSA) is 74.8 Å². The molecule has 0 saturated heterocycles. The molecule has 0 fully saturated rings. The molecule has 0 saturated carbocycles. The van der Waals surface area contributed by atoms with E-state index in [1.54, 1.807) is 0 Å². The Hall–Kier alpha value is -5.14. The van der Waals surface area contributed by atoms with Crippen LogP contribution in [0.25, 0.3) is 10.8 Å². The largest absolute Gasteiger partial charge is 0.269 e. The minimum atomic E-state index is -2.32. The summed E-state index contributed by atoms with van der Waals surface area (Å²) >= 11 is 0. The summed E-state index contributed by atoms with van der Waals surface area (Å²) in [5.74, 6) is -24.0. The molecule has 0 aliphatic carbocycles. The molecule has 4 amide bonds. The third kappa shape index (κ3) is 2.92. The van der Waals surface area contributed by atoms with Gasteiger partial charge in [-0.15, -0.1) is 0 Å². The fraction of sp³-hybridized carbons (Fsp3) is 0. The van der Waals surface area contributed by atoms with Crippen LogP contribution in [0.3, 0.4) is 0 Å². The smallest absolute Gasteiger partial charge is 0.268 e. The summed E-state index contributed by atoms with van der Waals surface area (Å²) in [4.78, 5) is 52.2. The second-order valence-electron chi connectivity index (χ2n) is 8.55. The molecular weight excluding hydrogens is 556 g/mol. The van der Waals surface area contributed by atoms with Crippen LogP contribution in [0.5, 0.6) is 0 Å². The molecule has 0 bridgehead atoms. The molecule has 2 aliphatic rings. The van der Waals surface area contributed by atoms with Crippen molar-refractivity contribution in [2.45, 2.75) is 0 Å². The zero-order valence-electron chi connectivity index (χ0n) is 19.0. The van der Waals surface area contributed by atoms with Crippen LogP contribution in [-0.2, 0) is 0 Å². The zero-order valence-corrected chi connectivity index (χ0v) is 19.0. The van der Waals surface area contributed by atoms with E-state index in [9.17, 15) is 54.3 Å². The Bertz CT molecular complexity index is 1710. The van der Waals surface area contributed by atoms with Gasteiger partial charge in [0.25, 0.3) is 23.6 Å². The second kappa shape index (κ2) is 8.18. The molecular formula is C26H6F8N2O4. The highest BCUT2D eigenvalue weighted by Gasteiger charge is 2.47. The van der Waals surface area contributed by atoms with Crippen LogP contribution in [0.1, 0.15) is 41.4 Å². The normalized spacial score (nSPS) is 14.6. The van der Waals surface area contributed by atoms with Gasteiger partial charge in [-0.1, -0.05) is 24.3 Å². The van der Waals surface area contributed by atoms with Gasteiger partial charge in [-0.25, -0.2) is 44.9 Å². The number of imide groups is 2. The van der Waals surface area contributed by atoms with Crippen LogP contribution in [-0.4, -0.2) is 23.6 Å². The van der Waals surface area contributed by atoms with Crippen molar-refractivity contribution >= 4 is 45.8 Å². The molecule has 4 aromatic carbocycles. The van der Waals surface area contributed by atoms with Crippen LogP contribution in [0, 0.1) is 46.5 Å².